The molecule has 3 nitrogen and oxygen atoms in total. The van der Waals surface area contributed by atoms with E-state index in [9.17, 15) is 4.79 Å². The second kappa shape index (κ2) is 6.35. The Morgan fingerprint density at radius 2 is 2.25 bits per heavy atom. The molecule has 5 heteroatoms. The standard InChI is InChI=1S/C11H13BrClNO2/c1-14-5-11(15)7-3-9(12)8(6-16-2)10(13)4-7/h3-4,14H,5-6H2,1-2H3. The van der Waals surface area contributed by atoms with E-state index < -0.39 is 0 Å². The normalized spacial score (nSPS) is 10.5. The summed E-state index contributed by atoms with van der Waals surface area (Å²) in [4.78, 5) is 11.6. The van der Waals surface area contributed by atoms with Gasteiger partial charge < -0.3 is 10.1 Å². The second-order valence-electron chi connectivity index (χ2n) is 3.30. The van der Waals surface area contributed by atoms with Gasteiger partial charge in [0.2, 0.25) is 0 Å². The van der Waals surface area contributed by atoms with Crippen LogP contribution in [0.4, 0.5) is 0 Å². The maximum atomic E-state index is 11.6. The number of carbonyl (C=O) groups excluding carboxylic acids is 1. The summed E-state index contributed by atoms with van der Waals surface area (Å²) in [5, 5.41) is 3.35. The Morgan fingerprint density at radius 3 is 2.75 bits per heavy atom. The average molecular weight is 307 g/mol. The number of halogens is 2. The van der Waals surface area contributed by atoms with Gasteiger partial charge in [-0.15, -0.1) is 0 Å². The highest BCUT2D eigenvalue weighted by molar-refractivity contribution is 9.10. The molecule has 0 aliphatic rings. The van der Waals surface area contributed by atoms with Crippen LogP contribution in [0, 0.1) is 0 Å². The Bertz CT molecular complexity index is 373. The Balaban J connectivity index is 3.04. The van der Waals surface area contributed by atoms with Crippen molar-refractivity contribution in [2.24, 2.45) is 0 Å². The number of ketones is 1. The van der Waals surface area contributed by atoms with Crippen molar-refractivity contribution in [2.45, 2.75) is 6.61 Å². The van der Waals surface area contributed by atoms with Gasteiger partial charge in [0.15, 0.2) is 5.78 Å². The largest absolute Gasteiger partial charge is 0.380 e. The fourth-order valence-corrected chi connectivity index (χ4v) is 2.27. The molecule has 0 spiro atoms. The summed E-state index contributed by atoms with van der Waals surface area (Å²) in [6.07, 6.45) is 0. The molecule has 0 amide bonds. The summed E-state index contributed by atoms with van der Waals surface area (Å²) >= 11 is 9.46. The molecule has 1 aromatic rings. The van der Waals surface area contributed by atoms with E-state index in [1.807, 2.05) is 0 Å². The van der Waals surface area contributed by atoms with Crippen molar-refractivity contribution in [3.05, 3.63) is 32.8 Å². The van der Waals surface area contributed by atoms with Gasteiger partial charge in [0.25, 0.3) is 0 Å². The SMILES string of the molecule is CNCC(=O)c1cc(Cl)c(COC)c(Br)c1. The number of hydrogen-bond acceptors (Lipinski definition) is 3. The molecular formula is C11H13BrClNO2. The third-order valence-electron chi connectivity index (χ3n) is 2.09. The minimum absolute atomic E-state index is 0.00840. The van der Waals surface area contributed by atoms with Gasteiger partial charge in [-0.25, -0.2) is 0 Å². The lowest BCUT2D eigenvalue weighted by Crippen LogP contribution is -2.18. The number of nitrogens with one attached hydrogen (secondary N) is 1. The molecule has 0 heterocycles. The van der Waals surface area contributed by atoms with Crippen molar-refractivity contribution in [3.63, 3.8) is 0 Å². The van der Waals surface area contributed by atoms with Gasteiger partial charge in [0.1, 0.15) is 0 Å². The van der Waals surface area contributed by atoms with Crippen molar-refractivity contribution >= 4 is 33.3 Å². The van der Waals surface area contributed by atoms with Crippen LogP contribution in [-0.4, -0.2) is 26.5 Å². The van der Waals surface area contributed by atoms with E-state index in [4.69, 9.17) is 16.3 Å². The highest BCUT2D eigenvalue weighted by Gasteiger charge is 2.11. The van der Waals surface area contributed by atoms with Gasteiger partial charge in [-0.05, 0) is 19.2 Å². The molecule has 0 aromatic heterocycles. The van der Waals surface area contributed by atoms with Crippen LogP contribution in [0.3, 0.4) is 0 Å². The number of hydrogen-bond donors (Lipinski definition) is 1. The maximum absolute atomic E-state index is 11.6. The van der Waals surface area contributed by atoms with E-state index in [1.54, 1.807) is 26.3 Å². The van der Waals surface area contributed by atoms with Crippen LogP contribution in [0.1, 0.15) is 15.9 Å². The minimum atomic E-state index is 0.00840. The van der Waals surface area contributed by atoms with Crippen LogP contribution in [0.25, 0.3) is 0 Å². The van der Waals surface area contributed by atoms with Crippen LogP contribution < -0.4 is 5.32 Å². The van der Waals surface area contributed by atoms with Gasteiger partial charge in [-0.1, -0.05) is 27.5 Å². The van der Waals surface area contributed by atoms with Crippen LogP contribution in [0.2, 0.25) is 5.02 Å². The van der Waals surface area contributed by atoms with E-state index in [2.05, 4.69) is 21.2 Å². The minimum Gasteiger partial charge on any atom is -0.380 e. The van der Waals surface area contributed by atoms with Crippen molar-refractivity contribution < 1.29 is 9.53 Å². The Kier molecular flexibility index (Phi) is 5.41. The Labute approximate surface area is 108 Å². The molecule has 1 N–H and O–H groups in total. The molecule has 0 atom stereocenters. The molecule has 1 aromatic carbocycles. The van der Waals surface area contributed by atoms with E-state index >= 15 is 0 Å². The molecular weight excluding hydrogens is 293 g/mol. The first kappa shape index (κ1) is 13.6. The number of ether oxygens (including phenoxy) is 1. The maximum Gasteiger partial charge on any atom is 0.176 e. The van der Waals surface area contributed by atoms with Crippen LogP contribution in [-0.2, 0) is 11.3 Å². The molecule has 0 fully saturated rings. The van der Waals surface area contributed by atoms with Crippen LogP contribution >= 0.6 is 27.5 Å². The second-order valence-corrected chi connectivity index (χ2v) is 4.57. The first-order valence-electron chi connectivity index (χ1n) is 4.74. The third-order valence-corrected chi connectivity index (χ3v) is 3.13. The van der Waals surface area contributed by atoms with E-state index in [0.29, 0.717) is 23.7 Å². The predicted octanol–water partition coefficient (Wildman–Crippen LogP) is 2.65. The number of carbonyl (C=O) groups is 1. The summed E-state index contributed by atoms with van der Waals surface area (Å²) in [5.74, 6) is 0.00840. The molecule has 0 bridgehead atoms. The zero-order valence-electron chi connectivity index (χ0n) is 9.14. The van der Waals surface area contributed by atoms with Crippen LogP contribution in [0.15, 0.2) is 16.6 Å². The fraction of sp³-hybridized carbons (Fsp3) is 0.364. The molecule has 16 heavy (non-hydrogen) atoms. The summed E-state index contributed by atoms with van der Waals surface area (Å²) in [5.41, 5.74) is 1.44. The molecule has 0 saturated heterocycles. The van der Waals surface area contributed by atoms with E-state index in [-0.39, 0.29) is 5.78 Å². The number of likely N-dealkylation sites (N-methyl/N-ethyl adjacent to an activating group) is 1. The smallest absolute Gasteiger partial charge is 0.176 e. The van der Waals surface area contributed by atoms with Crippen LogP contribution in [0.5, 0.6) is 0 Å². The lowest BCUT2D eigenvalue weighted by Gasteiger charge is -2.08. The number of Topliss-reactive ketones (excluding diaryl/α,β-unsaturated/α-hetero) is 1. The fourth-order valence-electron chi connectivity index (χ4n) is 1.31. The van der Waals surface area contributed by atoms with Crippen molar-refractivity contribution in [1.82, 2.24) is 5.32 Å². The first-order valence-corrected chi connectivity index (χ1v) is 5.92. The zero-order chi connectivity index (χ0) is 12.1. The zero-order valence-corrected chi connectivity index (χ0v) is 11.5. The number of methoxy groups -OCH3 is 1. The lowest BCUT2D eigenvalue weighted by molar-refractivity contribution is 0.0993. The quantitative estimate of drug-likeness (QED) is 0.850. The van der Waals surface area contributed by atoms with Crippen molar-refractivity contribution in [1.29, 1.82) is 0 Å². The summed E-state index contributed by atoms with van der Waals surface area (Å²) in [6, 6.07) is 3.43. The highest BCUT2D eigenvalue weighted by atomic mass is 79.9. The van der Waals surface area contributed by atoms with Gasteiger partial charge >= 0.3 is 0 Å². The first-order chi connectivity index (χ1) is 7.60. The summed E-state index contributed by atoms with van der Waals surface area (Å²) in [7, 11) is 3.33. The van der Waals surface area contributed by atoms with Crippen molar-refractivity contribution in [2.75, 3.05) is 20.7 Å². The summed E-state index contributed by atoms with van der Waals surface area (Å²) < 4.78 is 5.82. The van der Waals surface area contributed by atoms with Gasteiger partial charge in [-0.2, -0.15) is 0 Å². The van der Waals surface area contributed by atoms with Gasteiger partial charge in [0.05, 0.1) is 13.2 Å². The molecule has 0 aliphatic heterocycles. The van der Waals surface area contributed by atoms with Crippen molar-refractivity contribution in [3.8, 4) is 0 Å². The van der Waals surface area contributed by atoms with Gasteiger partial charge in [0, 0.05) is 27.7 Å². The summed E-state index contributed by atoms with van der Waals surface area (Å²) in [6.45, 7) is 0.715. The number of benzene rings is 1. The Hall–Kier alpha value is -0.420. The third kappa shape index (κ3) is 3.28. The molecule has 88 valence electrons. The lowest BCUT2D eigenvalue weighted by atomic mass is 10.1. The predicted molar refractivity (Wildman–Crippen MR) is 68.1 cm³/mol. The molecule has 0 saturated carbocycles. The monoisotopic (exact) mass is 305 g/mol. The highest BCUT2D eigenvalue weighted by Crippen LogP contribution is 2.27. The van der Waals surface area contributed by atoms with Gasteiger partial charge in [-0.3, -0.25) is 4.79 Å². The molecule has 1 rings (SSSR count). The molecule has 0 aliphatic carbocycles. The van der Waals surface area contributed by atoms with E-state index in [0.717, 1.165) is 10.0 Å². The number of rotatable bonds is 5. The average Bonchev–Trinajstić information content (AvgIpc) is 2.23. The van der Waals surface area contributed by atoms with E-state index in [1.165, 1.54) is 0 Å². The molecule has 0 unspecified atom stereocenters. The molecule has 0 radical (unpaired) electrons. The Morgan fingerprint density at radius 1 is 1.56 bits per heavy atom. The topological polar surface area (TPSA) is 38.3 Å².